The molecule has 26 heavy (non-hydrogen) atoms. The molecule has 0 heterocycles. The first-order valence-electron chi connectivity index (χ1n) is 8.41. The summed E-state index contributed by atoms with van der Waals surface area (Å²) in [5.41, 5.74) is 4.12. The number of hydrogen-bond acceptors (Lipinski definition) is 2. The number of anilines is 2. The molecule has 1 aliphatic carbocycles. The van der Waals surface area contributed by atoms with Gasteiger partial charge in [0.1, 0.15) is 0 Å². The number of carbonyl (C=O) groups is 2. The lowest BCUT2D eigenvalue weighted by atomic mass is 10.1. The second-order valence-electron chi connectivity index (χ2n) is 6.83. The number of amides is 2. The Balaban J connectivity index is 1.62. The van der Waals surface area contributed by atoms with Gasteiger partial charge >= 0.3 is 0 Å². The van der Waals surface area contributed by atoms with Crippen LogP contribution >= 0.6 is 23.2 Å². The highest BCUT2D eigenvalue weighted by Gasteiger charge is 2.48. The molecule has 0 bridgehead atoms. The monoisotopic (exact) mass is 390 g/mol. The summed E-state index contributed by atoms with van der Waals surface area (Å²) in [6.45, 7) is 5.74. The average Bonchev–Trinajstić information content (AvgIpc) is 3.35. The van der Waals surface area contributed by atoms with E-state index in [1.807, 2.05) is 39.0 Å². The molecule has 2 aromatic rings. The van der Waals surface area contributed by atoms with Crippen molar-refractivity contribution < 1.29 is 9.59 Å². The number of carbonyl (C=O) groups excluding carboxylic acids is 2. The minimum atomic E-state index is -0.340. The SMILES string of the molecule is Cc1cc(C)c(NC(=O)C2CC2C(=O)Nc2ccc(C)c(Cl)c2)c(Cl)c1. The maximum Gasteiger partial charge on any atom is 0.228 e. The van der Waals surface area contributed by atoms with Gasteiger partial charge in [0.25, 0.3) is 0 Å². The van der Waals surface area contributed by atoms with Gasteiger partial charge in [0.2, 0.25) is 11.8 Å². The third kappa shape index (κ3) is 4.02. The smallest absolute Gasteiger partial charge is 0.228 e. The van der Waals surface area contributed by atoms with Crippen LogP contribution in [-0.4, -0.2) is 11.8 Å². The number of halogens is 2. The standard InChI is InChI=1S/C20H20Cl2N2O2/c1-10-6-12(3)18(17(22)7-10)24-20(26)15-9-14(15)19(25)23-13-5-4-11(2)16(21)8-13/h4-8,14-15H,9H2,1-3H3,(H,23,25)(H,24,26). The minimum Gasteiger partial charge on any atom is -0.326 e. The van der Waals surface area contributed by atoms with Gasteiger partial charge in [-0.05, 0) is 62.1 Å². The number of nitrogens with one attached hydrogen (secondary N) is 2. The summed E-state index contributed by atoms with van der Waals surface area (Å²) in [5, 5.41) is 6.78. The summed E-state index contributed by atoms with van der Waals surface area (Å²) >= 11 is 12.3. The van der Waals surface area contributed by atoms with Crippen molar-refractivity contribution in [2.75, 3.05) is 10.6 Å². The van der Waals surface area contributed by atoms with E-state index in [4.69, 9.17) is 23.2 Å². The number of hydrogen-bond donors (Lipinski definition) is 2. The molecule has 2 aromatic carbocycles. The second kappa shape index (κ2) is 7.29. The fourth-order valence-corrected chi connectivity index (χ4v) is 3.52. The van der Waals surface area contributed by atoms with Crippen molar-refractivity contribution >= 4 is 46.4 Å². The summed E-state index contributed by atoms with van der Waals surface area (Å²) in [7, 11) is 0. The fraction of sp³-hybridized carbons (Fsp3) is 0.300. The highest BCUT2D eigenvalue weighted by molar-refractivity contribution is 6.34. The van der Waals surface area contributed by atoms with Gasteiger partial charge in [-0.3, -0.25) is 9.59 Å². The van der Waals surface area contributed by atoms with Gasteiger partial charge in [-0.25, -0.2) is 0 Å². The van der Waals surface area contributed by atoms with Crippen molar-refractivity contribution in [2.45, 2.75) is 27.2 Å². The third-order valence-electron chi connectivity index (χ3n) is 4.58. The van der Waals surface area contributed by atoms with Gasteiger partial charge in [0, 0.05) is 10.7 Å². The number of rotatable bonds is 4. The highest BCUT2D eigenvalue weighted by Crippen LogP contribution is 2.41. The van der Waals surface area contributed by atoms with Gasteiger partial charge in [-0.1, -0.05) is 35.3 Å². The molecular weight excluding hydrogens is 371 g/mol. The molecule has 4 nitrogen and oxygen atoms in total. The van der Waals surface area contributed by atoms with Crippen LogP contribution in [0.5, 0.6) is 0 Å². The van der Waals surface area contributed by atoms with Crippen LogP contribution in [0, 0.1) is 32.6 Å². The molecule has 0 aliphatic heterocycles. The van der Waals surface area contributed by atoms with Crippen LogP contribution in [0.25, 0.3) is 0 Å². The van der Waals surface area contributed by atoms with Crippen molar-refractivity contribution in [1.82, 2.24) is 0 Å². The van der Waals surface area contributed by atoms with Crippen molar-refractivity contribution in [1.29, 1.82) is 0 Å². The predicted octanol–water partition coefficient (Wildman–Crippen LogP) is 5.13. The summed E-state index contributed by atoms with van der Waals surface area (Å²) in [5.74, 6) is -1.02. The molecule has 136 valence electrons. The Hall–Kier alpha value is -2.04. The van der Waals surface area contributed by atoms with Crippen LogP contribution in [-0.2, 0) is 9.59 Å². The van der Waals surface area contributed by atoms with Crippen molar-refractivity contribution in [3.63, 3.8) is 0 Å². The molecule has 2 atom stereocenters. The molecule has 2 unspecified atom stereocenters. The molecule has 0 saturated heterocycles. The third-order valence-corrected chi connectivity index (χ3v) is 5.29. The van der Waals surface area contributed by atoms with Crippen LogP contribution < -0.4 is 10.6 Å². The van der Waals surface area contributed by atoms with Gasteiger partial charge < -0.3 is 10.6 Å². The van der Waals surface area contributed by atoms with Gasteiger partial charge in [-0.15, -0.1) is 0 Å². The van der Waals surface area contributed by atoms with E-state index in [1.165, 1.54) is 0 Å². The number of benzene rings is 2. The van der Waals surface area contributed by atoms with Crippen molar-refractivity contribution in [3.05, 3.63) is 57.1 Å². The van der Waals surface area contributed by atoms with E-state index in [0.29, 0.717) is 27.8 Å². The Morgan fingerprint density at radius 1 is 0.885 bits per heavy atom. The van der Waals surface area contributed by atoms with Crippen LogP contribution in [0.3, 0.4) is 0 Å². The zero-order chi connectivity index (χ0) is 19.0. The van der Waals surface area contributed by atoms with Crippen LogP contribution in [0.4, 0.5) is 11.4 Å². The van der Waals surface area contributed by atoms with Crippen LogP contribution in [0.2, 0.25) is 10.0 Å². The Morgan fingerprint density at radius 2 is 1.54 bits per heavy atom. The van der Waals surface area contributed by atoms with Gasteiger partial charge in [-0.2, -0.15) is 0 Å². The molecule has 1 aliphatic rings. The van der Waals surface area contributed by atoms with E-state index in [1.54, 1.807) is 12.1 Å². The van der Waals surface area contributed by atoms with Crippen molar-refractivity contribution in [2.24, 2.45) is 11.8 Å². The maximum absolute atomic E-state index is 12.5. The summed E-state index contributed by atoms with van der Waals surface area (Å²) in [6, 6.07) is 9.12. The van der Waals surface area contributed by atoms with E-state index in [2.05, 4.69) is 10.6 Å². The minimum absolute atomic E-state index is 0.170. The van der Waals surface area contributed by atoms with Gasteiger partial charge in [0.05, 0.1) is 22.5 Å². The van der Waals surface area contributed by atoms with Crippen LogP contribution in [0.15, 0.2) is 30.3 Å². The maximum atomic E-state index is 12.5. The Morgan fingerprint density at radius 3 is 2.15 bits per heavy atom. The Labute approximate surface area is 162 Å². The van der Waals surface area contributed by atoms with E-state index in [-0.39, 0.29) is 23.7 Å². The largest absolute Gasteiger partial charge is 0.326 e. The highest BCUT2D eigenvalue weighted by atomic mass is 35.5. The quantitative estimate of drug-likeness (QED) is 0.759. The molecule has 1 fully saturated rings. The average molecular weight is 391 g/mol. The molecule has 0 aromatic heterocycles. The van der Waals surface area contributed by atoms with E-state index < -0.39 is 0 Å². The summed E-state index contributed by atoms with van der Waals surface area (Å²) in [4.78, 5) is 24.8. The van der Waals surface area contributed by atoms with Crippen LogP contribution in [0.1, 0.15) is 23.1 Å². The lowest BCUT2D eigenvalue weighted by Crippen LogP contribution is -2.21. The molecule has 2 amide bonds. The number of aryl methyl sites for hydroxylation is 3. The second-order valence-corrected chi connectivity index (χ2v) is 7.64. The Bertz CT molecular complexity index is 872. The van der Waals surface area contributed by atoms with E-state index >= 15 is 0 Å². The summed E-state index contributed by atoms with van der Waals surface area (Å²) < 4.78 is 0. The topological polar surface area (TPSA) is 58.2 Å². The molecule has 0 radical (unpaired) electrons. The molecule has 6 heteroatoms. The molecule has 0 spiro atoms. The molecule has 1 saturated carbocycles. The van der Waals surface area contributed by atoms with E-state index in [9.17, 15) is 9.59 Å². The van der Waals surface area contributed by atoms with E-state index in [0.717, 1.165) is 16.7 Å². The Kier molecular flexibility index (Phi) is 5.26. The summed E-state index contributed by atoms with van der Waals surface area (Å²) in [6.07, 6.45) is 0.528. The van der Waals surface area contributed by atoms with Crippen molar-refractivity contribution in [3.8, 4) is 0 Å². The predicted molar refractivity (Wildman–Crippen MR) is 106 cm³/mol. The molecule has 2 N–H and O–H groups in total. The zero-order valence-corrected chi connectivity index (χ0v) is 16.3. The normalized spacial score (nSPS) is 18.3. The first kappa shape index (κ1) is 18.7. The first-order valence-corrected chi connectivity index (χ1v) is 9.16. The fourth-order valence-electron chi connectivity index (χ4n) is 2.97. The zero-order valence-electron chi connectivity index (χ0n) is 14.8. The lowest BCUT2D eigenvalue weighted by molar-refractivity contribution is -0.122. The lowest BCUT2D eigenvalue weighted by Gasteiger charge is -2.11. The molecule has 3 rings (SSSR count). The molecular formula is C20H20Cl2N2O2. The first-order chi connectivity index (χ1) is 12.3. The van der Waals surface area contributed by atoms with Gasteiger partial charge in [0.15, 0.2) is 0 Å².